The molecule has 5 heteroatoms. The molecule has 1 rings (SSSR count). The van der Waals surface area contributed by atoms with Crippen LogP contribution in [0.1, 0.15) is 13.8 Å². The molecule has 0 aliphatic carbocycles. The van der Waals surface area contributed by atoms with Crippen LogP contribution in [0.3, 0.4) is 0 Å². The number of hydrogen-bond acceptors (Lipinski definition) is 2. The summed E-state index contributed by atoms with van der Waals surface area (Å²) in [6, 6.07) is 1.74. The second kappa shape index (κ2) is 4.40. The van der Waals surface area contributed by atoms with Gasteiger partial charge >= 0.3 is 0 Å². The maximum atomic E-state index is 11.6. The molecule has 0 saturated heterocycles. The minimum absolute atomic E-state index is 0.0931. The minimum Gasteiger partial charge on any atom is -0.324 e. The van der Waals surface area contributed by atoms with Gasteiger partial charge in [0.1, 0.15) is 0 Å². The van der Waals surface area contributed by atoms with E-state index in [1.807, 2.05) is 0 Å². The molecular formula is C9H10Br2N2O. The first-order chi connectivity index (χ1) is 6.41. The Kier molecular flexibility index (Phi) is 3.66. The standard InChI is InChI=1S/C9H10Br2N2O/c1-9(2,11)8(14)13-7-3-4-12-5-6(7)10/h3-5H,1-2H3,(H,12,13,14). The van der Waals surface area contributed by atoms with E-state index in [1.54, 1.807) is 32.3 Å². The van der Waals surface area contributed by atoms with E-state index in [-0.39, 0.29) is 5.91 Å². The fraction of sp³-hybridized carbons (Fsp3) is 0.333. The quantitative estimate of drug-likeness (QED) is 0.851. The molecular weight excluding hydrogens is 312 g/mol. The zero-order chi connectivity index (χ0) is 10.8. The number of nitrogens with zero attached hydrogens (tertiary/aromatic N) is 1. The zero-order valence-electron chi connectivity index (χ0n) is 7.84. The topological polar surface area (TPSA) is 42.0 Å². The maximum Gasteiger partial charge on any atom is 0.240 e. The summed E-state index contributed by atoms with van der Waals surface area (Å²) in [6.45, 7) is 3.58. The van der Waals surface area contributed by atoms with Gasteiger partial charge < -0.3 is 5.32 Å². The number of alkyl halides is 1. The van der Waals surface area contributed by atoms with E-state index >= 15 is 0 Å². The summed E-state index contributed by atoms with van der Waals surface area (Å²) in [5.74, 6) is -0.0931. The Labute approximate surface area is 99.6 Å². The zero-order valence-corrected chi connectivity index (χ0v) is 11.0. The molecule has 1 aromatic heterocycles. The lowest BCUT2D eigenvalue weighted by Gasteiger charge is -2.16. The van der Waals surface area contributed by atoms with Gasteiger partial charge in [-0.2, -0.15) is 0 Å². The summed E-state index contributed by atoms with van der Waals surface area (Å²) in [5.41, 5.74) is 0.720. The van der Waals surface area contributed by atoms with Gasteiger partial charge in [0.2, 0.25) is 5.91 Å². The highest BCUT2D eigenvalue weighted by atomic mass is 79.9. The first-order valence-electron chi connectivity index (χ1n) is 4.01. The number of aromatic nitrogens is 1. The Morgan fingerprint density at radius 3 is 2.71 bits per heavy atom. The van der Waals surface area contributed by atoms with E-state index in [0.29, 0.717) is 0 Å². The van der Waals surface area contributed by atoms with Gasteiger partial charge in [0.25, 0.3) is 0 Å². The number of anilines is 1. The molecule has 0 unspecified atom stereocenters. The number of carbonyl (C=O) groups excluding carboxylic acids is 1. The van der Waals surface area contributed by atoms with Crippen molar-refractivity contribution in [3.63, 3.8) is 0 Å². The highest BCUT2D eigenvalue weighted by Crippen LogP contribution is 2.23. The lowest BCUT2D eigenvalue weighted by molar-refractivity contribution is -0.117. The molecule has 1 N–H and O–H groups in total. The van der Waals surface area contributed by atoms with Crippen molar-refractivity contribution in [1.29, 1.82) is 0 Å². The fourth-order valence-electron chi connectivity index (χ4n) is 0.748. The Hall–Kier alpha value is -0.420. The molecule has 0 spiro atoms. The third-order valence-electron chi connectivity index (χ3n) is 1.56. The lowest BCUT2D eigenvalue weighted by Crippen LogP contribution is -2.31. The van der Waals surface area contributed by atoms with Crippen LogP contribution in [0.25, 0.3) is 0 Å². The van der Waals surface area contributed by atoms with Crippen molar-refractivity contribution in [3.8, 4) is 0 Å². The number of rotatable bonds is 2. The molecule has 0 aliphatic rings. The molecule has 76 valence electrons. The molecule has 1 amide bonds. The molecule has 0 radical (unpaired) electrons. The first kappa shape index (κ1) is 11.7. The molecule has 14 heavy (non-hydrogen) atoms. The average Bonchev–Trinajstić information content (AvgIpc) is 2.07. The van der Waals surface area contributed by atoms with Crippen LogP contribution in [0.4, 0.5) is 5.69 Å². The third kappa shape index (κ3) is 3.06. The van der Waals surface area contributed by atoms with E-state index < -0.39 is 4.32 Å². The number of pyridine rings is 1. The summed E-state index contributed by atoms with van der Waals surface area (Å²) in [5, 5.41) is 2.78. The van der Waals surface area contributed by atoms with E-state index in [2.05, 4.69) is 42.2 Å². The smallest absolute Gasteiger partial charge is 0.240 e. The van der Waals surface area contributed by atoms with Gasteiger partial charge in [0, 0.05) is 12.4 Å². The number of nitrogens with one attached hydrogen (secondary N) is 1. The van der Waals surface area contributed by atoms with Gasteiger partial charge in [-0.15, -0.1) is 0 Å². The lowest BCUT2D eigenvalue weighted by atomic mass is 10.2. The summed E-state index contributed by atoms with van der Waals surface area (Å²) in [7, 11) is 0. The van der Waals surface area contributed by atoms with E-state index in [4.69, 9.17) is 0 Å². The van der Waals surface area contributed by atoms with Gasteiger partial charge in [-0.3, -0.25) is 9.78 Å². The summed E-state index contributed by atoms with van der Waals surface area (Å²) < 4.78 is 0.195. The highest BCUT2D eigenvalue weighted by Gasteiger charge is 2.23. The van der Waals surface area contributed by atoms with Crippen LogP contribution in [-0.4, -0.2) is 15.2 Å². The van der Waals surface area contributed by atoms with Crippen molar-refractivity contribution >= 4 is 43.5 Å². The number of amides is 1. The van der Waals surface area contributed by atoms with Crippen molar-refractivity contribution in [2.24, 2.45) is 0 Å². The third-order valence-corrected chi connectivity index (χ3v) is 2.55. The van der Waals surface area contributed by atoms with Crippen LogP contribution in [0, 0.1) is 0 Å². The van der Waals surface area contributed by atoms with Gasteiger partial charge in [0.05, 0.1) is 14.5 Å². The molecule has 0 aliphatic heterocycles. The maximum absolute atomic E-state index is 11.6. The Morgan fingerprint density at radius 1 is 1.57 bits per heavy atom. The molecule has 0 atom stereocenters. The van der Waals surface area contributed by atoms with Gasteiger partial charge in [-0.25, -0.2) is 0 Å². The molecule has 0 fully saturated rings. The monoisotopic (exact) mass is 320 g/mol. The SMILES string of the molecule is CC(C)(Br)C(=O)Nc1ccncc1Br. The molecule has 3 nitrogen and oxygen atoms in total. The van der Waals surface area contributed by atoms with Crippen molar-refractivity contribution in [2.45, 2.75) is 18.2 Å². The summed E-state index contributed by atoms with van der Waals surface area (Å²) in [4.78, 5) is 15.5. The Morgan fingerprint density at radius 2 is 2.21 bits per heavy atom. The van der Waals surface area contributed by atoms with Crippen LogP contribution in [0.15, 0.2) is 22.9 Å². The Bertz CT molecular complexity index is 347. The van der Waals surface area contributed by atoms with Crippen molar-refractivity contribution in [2.75, 3.05) is 5.32 Å². The van der Waals surface area contributed by atoms with Crippen LogP contribution in [-0.2, 0) is 4.79 Å². The molecule has 1 aromatic rings. The molecule has 0 saturated carbocycles. The number of halogens is 2. The van der Waals surface area contributed by atoms with E-state index in [0.717, 1.165) is 10.2 Å². The fourth-order valence-corrected chi connectivity index (χ4v) is 1.20. The first-order valence-corrected chi connectivity index (χ1v) is 5.60. The molecule has 0 bridgehead atoms. The van der Waals surface area contributed by atoms with Crippen LogP contribution in [0.2, 0.25) is 0 Å². The van der Waals surface area contributed by atoms with E-state index in [1.165, 1.54) is 0 Å². The second-order valence-corrected chi connectivity index (χ2v) is 6.12. The molecule has 0 aromatic carbocycles. The highest BCUT2D eigenvalue weighted by molar-refractivity contribution is 9.10. The second-order valence-electron chi connectivity index (χ2n) is 3.28. The van der Waals surface area contributed by atoms with Crippen molar-refractivity contribution in [3.05, 3.63) is 22.9 Å². The summed E-state index contributed by atoms with van der Waals surface area (Å²) in [6.07, 6.45) is 3.26. The van der Waals surface area contributed by atoms with E-state index in [9.17, 15) is 4.79 Å². The van der Waals surface area contributed by atoms with Crippen LogP contribution >= 0.6 is 31.9 Å². The number of hydrogen-bond donors (Lipinski definition) is 1. The van der Waals surface area contributed by atoms with Gasteiger partial charge in [-0.05, 0) is 35.8 Å². The normalized spacial score (nSPS) is 11.1. The van der Waals surface area contributed by atoms with Crippen molar-refractivity contribution in [1.82, 2.24) is 4.98 Å². The largest absolute Gasteiger partial charge is 0.324 e. The number of carbonyl (C=O) groups is 1. The van der Waals surface area contributed by atoms with Crippen LogP contribution < -0.4 is 5.32 Å². The van der Waals surface area contributed by atoms with Crippen molar-refractivity contribution < 1.29 is 4.79 Å². The molecule has 1 heterocycles. The minimum atomic E-state index is -0.574. The predicted octanol–water partition coefficient (Wildman–Crippen LogP) is 2.96. The Balaban J connectivity index is 2.80. The van der Waals surface area contributed by atoms with Gasteiger partial charge in [0.15, 0.2) is 0 Å². The summed E-state index contributed by atoms with van der Waals surface area (Å²) >= 11 is 6.58. The van der Waals surface area contributed by atoms with Crippen LogP contribution in [0.5, 0.6) is 0 Å². The van der Waals surface area contributed by atoms with Gasteiger partial charge in [-0.1, -0.05) is 15.9 Å². The average molecular weight is 322 g/mol. The predicted molar refractivity (Wildman–Crippen MR) is 63.6 cm³/mol.